The summed E-state index contributed by atoms with van der Waals surface area (Å²) >= 11 is 0. The highest BCUT2D eigenvalue weighted by atomic mass is 32.2. The van der Waals surface area contributed by atoms with E-state index in [2.05, 4.69) is 29.9 Å². The van der Waals surface area contributed by atoms with Crippen LogP contribution in [0, 0.1) is 0 Å². The van der Waals surface area contributed by atoms with Crippen molar-refractivity contribution in [1.29, 1.82) is 0 Å². The van der Waals surface area contributed by atoms with E-state index in [9.17, 15) is 16.8 Å². The maximum Gasteiger partial charge on any atom is 0.241 e. The van der Waals surface area contributed by atoms with Gasteiger partial charge in [-0.15, -0.1) is 5.11 Å². The van der Waals surface area contributed by atoms with Crippen molar-refractivity contribution in [3.8, 4) is 11.1 Å². The molecule has 13 nitrogen and oxygen atoms in total. The van der Waals surface area contributed by atoms with Gasteiger partial charge in [-0.05, 0) is 37.1 Å². The van der Waals surface area contributed by atoms with Crippen molar-refractivity contribution >= 4 is 42.9 Å². The van der Waals surface area contributed by atoms with Crippen molar-refractivity contribution in [3.63, 3.8) is 0 Å². The van der Waals surface area contributed by atoms with E-state index < -0.39 is 29.8 Å². The minimum atomic E-state index is -4.57. The van der Waals surface area contributed by atoms with Gasteiger partial charge in [-0.25, -0.2) is 36.7 Å². The van der Waals surface area contributed by atoms with Gasteiger partial charge in [0.15, 0.2) is 18.5 Å². The van der Waals surface area contributed by atoms with Crippen molar-refractivity contribution in [2.24, 2.45) is 26.1 Å². The number of anilines is 1. The highest BCUT2D eigenvalue weighted by Crippen LogP contribution is 2.37. The summed E-state index contributed by atoms with van der Waals surface area (Å²) in [5.41, 5.74) is 13.0. The van der Waals surface area contributed by atoms with Gasteiger partial charge in [0, 0.05) is 12.1 Å². The first-order valence-corrected chi connectivity index (χ1v) is 13.2. The van der Waals surface area contributed by atoms with Gasteiger partial charge in [0.25, 0.3) is 0 Å². The smallest absolute Gasteiger partial charge is 0.241 e. The number of nitrogens with zero attached hydrogens (tertiary/aromatic N) is 4. The normalized spacial score (nSPS) is 14.1. The van der Waals surface area contributed by atoms with Crippen LogP contribution in [-0.4, -0.2) is 52.4 Å². The van der Waals surface area contributed by atoms with Crippen molar-refractivity contribution < 1.29 is 16.8 Å². The summed E-state index contributed by atoms with van der Waals surface area (Å²) in [6, 6.07) is 7.82. The lowest BCUT2D eigenvalue weighted by atomic mass is 9.97. The van der Waals surface area contributed by atoms with E-state index in [0.29, 0.717) is 41.5 Å². The van der Waals surface area contributed by atoms with Gasteiger partial charge in [-0.1, -0.05) is 18.2 Å². The van der Waals surface area contributed by atoms with Crippen molar-refractivity contribution in [3.05, 3.63) is 35.9 Å². The highest BCUT2D eigenvalue weighted by molar-refractivity contribution is 7.92. The predicted molar refractivity (Wildman–Crippen MR) is 127 cm³/mol. The summed E-state index contributed by atoms with van der Waals surface area (Å²) in [4.78, 5) is 10.2. The molecule has 1 aliphatic heterocycles. The molecule has 1 aliphatic rings. The fourth-order valence-electron chi connectivity index (χ4n) is 3.68. The topological polar surface area (TPSA) is 224 Å². The molecule has 1 aromatic heterocycles. The third-order valence-electron chi connectivity index (χ3n) is 5.11. The molecule has 3 aromatic rings. The zero-order valence-electron chi connectivity index (χ0n) is 17.9. The monoisotopic (exact) mass is 505 g/mol. The number of benzene rings is 2. The Kier molecular flexibility index (Phi) is 6.46. The van der Waals surface area contributed by atoms with Gasteiger partial charge < -0.3 is 16.5 Å². The van der Waals surface area contributed by atoms with Gasteiger partial charge in [0.2, 0.25) is 20.0 Å². The van der Waals surface area contributed by atoms with Crippen LogP contribution in [0.5, 0.6) is 0 Å². The molecule has 2 aromatic carbocycles. The number of amidine groups is 1. The quantitative estimate of drug-likeness (QED) is 0.261. The molecule has 0 aliphatic carbocycles. The van der Waals surface area contributed by atoms with E-state index >= 15 is 0 Å². The Labute approximate surface area is 195 Å². The largest absolute Gasteiger partial charge is 0.369 e. The fraction of sp³-hybridized carbons (Fsp3) is 0.263. The number of rotatable bonds is 9. The van der Waals surface area contributed by atoms with E-state index in [-0.39, 0.29) is 30.6 Å². The molecule has 0 bridgehead atoms. The predicted octanol–water partition coefficient (Wildman–Crippen LogP) is 0.647. The second kappa shape index (κ2) is 9.19. The number of aromatic nitrogens is 2. The zero-order valence-corrected chi connectivity index (χ0v) is 19.5. The molecule has 15 heteroatoms. The van der Waals surface area contributed by atoms with Crippen LogP contribution < -0.4 is 21.3 Å². The van der Waals surface area contributed by atoms with Crippen LogP contribution in [0.4, 0.5) is 5.95 Å². The number of aliphatic imine (C=N–C) groups is 1. The van der Waals surface area contributed by atoms with E-state index in [1.165, 1.54) is 12.1 Å². The van der Waals surface area contributed by atoms with Crippen molar-refractivity contribution in [2.75, 3.05) is 25.5 Å². The molecule has 4 rings (SSSR count). The van der Waals surface area contributed by atoms with Crippen LogP contribution in [-0.2, 0) is 20.0 Å². The molecule has 0 atom stereocenters. The number of fused-ring (bicyclic) bond motifs is 1. The number of hydrogen-bond donors (Lipinski definition) is 5. The van der Waals surface area contributed by atoms with Crippen LogP contribution in [0.3, 0.4) is 0 Å². The lowest BCUT2D eigenvalue weighted by molar-refractivity contribution is 0.570. The van der Waals surface area contributed by atoms with Gasteiger partial charge in [-0.2, -0.15) is 5.11 Å². The number of sulfonamides is 2. The summed E-state index contributed by atoms with van der Waals surface area (Å²) in [6.45, 7) is 0.441. The number of nitrogen functional groups attached to an aromatic ring is 1. The second-order valence-corrected chi connectivity index (χ2v) is 10.7. The average Bonchev–Trinajstić information content (AvgIpc) is 3.44. The SMILES string of the molecule is NCCCCNS(=O)(=O)c1ccc(-c2cccc3[nH]c(N)nc23)c(C2=NCN=N2)c1S(N)(=O)=O. The minimum absolute atomic E-state index is 0.0350. The molecule has 0 saturated heterocycles. The number of imidazole rings is 1. The van der Waals surface area contributed by atoms with Gasteiger partial charge in [-0.3, -0.25) is 0 Å². The summed E-state index contributed by atoms with van der Waals surface area (Å²) in [7, 11) is -8.84. The molecular formula is C19H23N9O4S2. The highest BCUT2D eigenvalue weighted by Gasteiger charge is 2.33. The molecular weight excluding hydrogens is 482 g/mol. The first-order chi connectivity index (χ1) is 16.1. The van der Waals surface area contributed by atoms with Crippen molar-refractivity contribution in [1.82, 2.24) is 14.7 Å². The Morgan fingerprint density at radius 1 is 1.06 bits per heavy atom. The van der Waals surface area contributed by atoms with E-state index in [1.54, 1.807) is 18.2 Å². The van der Waals surface area contributed by atoms with E-state index in [0.717, 1.165) is 0 Å². The Hall–Kier alpha value is -3.24. The Balaban J connectivity index is 2.01. The minimum Gasteiger partial charge on any atom is -0.369 e. The number of unbranched alkanes of at least 4 members (excludes halogenated alkanes) is 1. The number of para-hydroxylation sites is 1. The van der Waals surface area contributed by atoms with E-state index in [1.807, 2.05) is 0 Å². The third-order valence-corrected chi connectivity index (χ3v) is 7.74. The maximum atomic E-state index is 13.1. The van der Waals surface area contributed by atoms with Crippen LogP contribution >= 0.6 is 0 Å². The summed E-state index contributed by atoms with van der Waals surface area (Å²) in [5, 5.41) is 13.3. The second-order valence-electron chi connectivity index (χ2n) is 7.44. The summed E-state index contributed by atoms with van der Waals surface area (Å²) in [5.74, 6) is 0.106. The van der Waals surface area contributed by atoms with Crippen molar-refractivity contribution in [2.45, 2.75) is 22.6 Å². The summed E-state index contributed by atoms with van der Waals surface area (Å²) in [6.07, 6.45) is 1.08. The Morgan fingerprint density at radius 2 is 1.85 bits per heavy atom. The maximum absolute atomic E-state index is 13.1. The van der Waals surface area contributed by atoms with Crippen LogP contribution in [0.15, 0.2) is 55.3 Å². The van der Waals surface area contributed by atoms with Crippen LogP contribution in [0.2, 0.25) is 0 Å². The van der Waals surface area contributed by atoms with Gasteiger partial charge >= 0.3 is 0 Å². The first kappa shape index (κ1) is 23.9. The molecule has 0 saturated carbocycles. The lowest BCUT2D eigenvalue weighted by Gasteiger charge is -2.17. The molecule has 0 radical (unpaired) electrons. The Bertz CT molecular complexity index is 1530. The number of H-pyrrole nitrogens is 1. The number of aromatic amines is 1. The van der Waals surface area contributed by atoms with Gasteiger partial charge in [0.05, 0.1) is 16.6 Å². The molecule has 2 heterocycles. The van der Waals surface area contributed by atoms with Gasteiger partial charge in [0.1, 0.15) is 9.79 Å². The number of nitrogens with one attached hydrogen (secondary N) is 2. The fourth-order valence-corrected chi connectivity index (χ4v) is 6.36. The molecule has 34 heavy (non-hydrogen) atoms. The Morgan fingerprint density at radius 3 is 2.53 bits per heavy atom. The molecule has 0 spiro atoms. The zero-order chi connectivity index (χ0) is 24.5. The lowest BCUT2D eigenvalue weighted by Crippen LogP contribution is -2.29. The number of nitrogens with two attached hydrogens (primary N) is 3. The molecule has 0 unspecified atom stereocenters. The molecule has 180 valence electrons. The van der Waals surface area contributed by atoms with Crippen LogP contribution in [0.25, 0.3) is 22.2 Å². The molecule has 0 amide bonds. The summed E-state index contributed by atoms with van der Waals surface area (Å²) < 4.78 is 54.2. The number of hydrogen-bond acceptors (Lipinski definition) is 10. The van der Waals surface area contributed by atoms with E-state index in [4.69, 9.17) is 16.6 Å². The number of azo groups is 1. The standard InChI is InChI=1S/C19H23N9O4S2/c20-8-1-2-9-25-34(31,32)14-7-6-11(12-4-3-5-13-16(12)27-19(21)26-13)15(17(14)33(22,29)30)18-23-10-24-28-18/h3-7,25H,1-2,8-10,20H2,(H3,21,26,27)(H2,22,29,30). The number of primary sulfonamides is 1. The van der Waals surface area contributed by atoms with Crippen LogP contribution in [0.1, 0.15) is 18.4 Å². The molecule has 8 N–H and O–H groups in total. The average molecular weight is 506 g/mol. The third kappa shape index (κ3) is 4.55. The first-order valence-electron chi connectivity index (χ1n) is 10.2. The molecule has 0 fully saturated rings.